The van der Waals surface area contributed by atoms with Gasteiger partial charge in [0.25, 0.3) is 0 Å². The minimum atomic E-state index is 0.453. The van der Waals surface area contributed by atoms with Crippen molar-refractivity contribution in [2.45, 2.75) is 65.3 Å². The lowest BCUT2D eigenvalue weighted by Crippen LogP contribution is -2.16. The summed E-state index contributed by atoms with van der Waals surface area (Å²) in [5.41, 5.74) is 1.10. The summed E-state index contributed by atoms with van der Waals surface area (Å²) in [5.74, 6) is 1.40. The van der Waals surface area contributed by atoms with E-state index in [9.17, 15) is 0 Å². The Morgan fingerprint density at radius 2 is 1.94 bits per heavy atom. The van der Waals surface area contributed by atoms with Gasteiger partial charge in [0, 0.05) is 17.8 Å². The van der Waals surface area contributed by atoms with E-state index in [1.807, 2.05) is 0 Å². The Labute approximate surface area is 105 Å². The molecule has 0 bridgehead atoms. The highest BCUT2D eigenvalue weighted by atomic mass is 15.0. The van der Waals surface area contributed by atoms with Gasteiger partial charge in [0.15, 0.2) is 0 Å². The van der Waals surface area contributed by atoms with Gasteiger partial charge in [-0.1, -0.05) is 40.0 Å². The number of nitrogens with one attached hydrogen (secondary N) is 1. The third-order valence-electron chi connectivity index (χ3n) is 2.91. The van der Waals surface area contributed by atoms with Gasteiger partial charge in [0.2, 0.25) is 0 Å². The van der Waals surface area contributed by atoms with Crippen molar-refractivity contribution in [1.82, 2.24) is 9.97 Å². The monoisotopic (exact) mass is 235 g/mol. The van der Waals surface area contributed by atoms with E-state index < -0.39 is 0 Å². The first-order valence-electron chi connectivity index (χ1n) is 6.72. The molecule has 0 saturated heterocycles. The zero-order valence-electron chi connectivity index (χ0n) is 11.5. The summed E-state index contributed by atoms with van der Waals surface area (Å²) in [6.45, 7) is 8.75. The van der Waals surface area contributed by atoms with E-state index in [1.165, 1.54) is 25.7 Å². The second kappa shape index (κ2) is 7.25. The number of nitrogens with zero attached hydrogens (tertiary/aromatic N) is 2. The van der Waals surface area contributed by atoms with Gasteiger partial charge in [-0.25, -0.2) is 9.97 Å². The normalized spacial score (nSPS) is 12.8. The maximum absolute atomic E-state index is 4.27. The lowest BCUT2D eigenvalue weighted by atomic mass is 10.1. The van der Waals surface area contributed by atoms with Gasteiger partial charge in [0.1, 0.15) is 12.1 Å². The zero-order chi connectivity index (χ0) is 12.7. The number of aromatic nitrogens is 2. The predicted octanol–water partition coefficient (Wildman–Crippen LogP) is 3.98. The second-order valence-corrected chi connectivity index (χ2v) is 5.02. The van der Waals surface area contributed by atoms with E-state index in [-0.39, 0.29) is 0 Å². The van der Waals surface area contributed by atoms with Crippen molar-refractivity contribution in [3.05, 3.63) is 18.1 Å². The predicted molar refractivity (Wildman–Crippen MR) is 73.3 cm³/mol. The number of hydrogen-bond donors (Lipinski definition) is 1. The molecular formula is C14H25N3. The van der Waals surface area contributed by atoms with E-state index in [2.05, 4.69) is 49.0 Å². The van der Waals surface area contributed by atoms with Crippen molar-refractivity contribution in [3.8, 4) is 0 Å². The van der Waals surface area contributed by atoms with Crippen molar-refractivity contribution < 1.29 is 0 Å². The summed E-state index contributed by atoms with van der Waals surface area (Å²) >= 11 is 0. The third kappa shape index (κ3) is 5.16. The molecule has 1 heterocycles. The largest absolute Gasteiger partial charge is 0.368 e. The number of anilines is 1. The first kappa shape index (κ1) is 13.9. The lowest BCUT2D eigenvalue weighted by molar-refractivity contribution is 0.613. The van der Waals surface area contributed by atoms with Crippen molar-refractivity contribution >= 4 is 5.82 Å². The fraction of sp³-hybridized carbons (Fsp3) is 0.714. The molecule has 0 aliphatic carbocycles. The molecule has 1 unspecified atom stereocenters. The van der Waals surface area contributed by atoms with Crippen LogP contribution in [0.1, 0.15) is 65.0 Å². The van der Waals surface area contributed by atoms with Gasteiger partial charge < -0.3 is 5.32 Å². The topological polar surface area (TPSA) is 37.8 Å². The minimum absolute atomic E-state index is 0.453. The van der Waals surface area contributed by atoms with E-state index in [1.54, 1.807) is 6.33 Å². The molecule has 0 radical (unpaired) electrons. The quantitative estimate of drug-likeness (QED) is 0.726. The fourth-order valence-corrected chi connectivity index (χ4v) is 1.79. The molecule has 1 aromatic heterocycles. The van der Waals surface area contributed by atoms with Crippen molar-refractivity contribution in [2.24, 2.45) is 0 Å². The first-order valence-corrected chi connectivity index (χ1v) is 6.72. The smallest absolute Gasteiger partial charge is 0.129 e. The highest BCUT2D eigenvalue weighted by Crippen LogP contribution is 2.15. The van der Waals surface area contributed by atoms with Crippen LogP contribution >= 0.6 is 0 Å². The van der Waals surface area contributed by atoms with Gasteiger partial charge in [-0.15, -0.1) is 0 Å². The molecule has 0 saturated carbocycles. The summed E-state index contributed by atoms with van der Waals surface area (Å²) in [5, 5.41) is 3.44. The van der Waals surface area contributed by atoms with Crippen LogP contribution in [0.3, 0.4) is 0 Å². The fourth-order valence-electron chi connectivity index (χ4n) is 1.79. The Kier molecular flexibility index (Phi) is 5.95. The molecule has 1 N–H and O–H groups in total. The van der Waals surface area contributed by atoms with E-state index in [0.29, 0.717) is 12.0 Å². The van der Waals surface area contributed by atoms with Crippen LogP contribution < -0.4 is 5.32 Å². The molecule has 3 nitrogen and oxygen atoms in total. The maximum Gasteiger partial charge on any atom is 0.129 e. The molecule has 0 fully saturated rings. The Bertz CT molecular complexity index is 323. The van der Waals surface area contributed by atoms with Crippen LogP contribution in [-0.4, -0.2) is 16.0 Å². The van der Waals surface area contributed by atoms with Crippen LogP contribution in [-0.2, 0) is 0 Å². The SMILES string of the molecule is CCCCCC(C)Nc1cc(C(C)C)ncn1. The van der Waals surface area contributed by atoms with E-state index >= 15 is 0 Å². The van der Waals surface area contributed by atoms with Crippen LogP contribution in [0.25, 0.3) is 0 Å². The van der Waals surface area contributed by atoms with Gasteiger partial charge in [-0.2, -0.15) is 0 Å². The van der Waals surface area contributed by atoms with Crippen LogP contribution in [0.2, 0.25) is 0 Å². The van der Waals surface area contributed by atoms with Crippen LogP contribution in [0.15, 0.2) is 12.4 Å². The molecule has 96 valence electrons. The number of unbranched alkanes of at least 4 members (excludes halogenated alkanes) is 2. The molecule has 0 aromatic carbocycles. The molecular weight excluding hydrogens is 210 g/mol. The zero-order valence-corrected chi connectivity index (χ0v) is 11.5. The van der Waals surface area contributed by atoms with Crippen LogP contribution in [0, 0.1) is 0 Å². The Morgan fingerprint density at radius 3 is 2.59 bits per heavy atom. The van der Waals surface area contributed by atoms with Crippen LogP contribution in [0.5, 0.6) is 0 Å². The van der Waals surface area contributed by atoms with E-state index in [4.69, 9.17) is 0 Å². The Balaban J connectivity index is 2.47. The highest BCUT2D eigenvalue weighted by molar-refractivity contribution is 5.36. The minimum Gasteiger partial charge on any atom is -0.368 e. The standard InChI is InChI=1S/C14H25N3/c1-5-6-7-8-12(4)17-14-9-13(11(2)3)15-10-16-14/h9-12H,5-8H2,1-4H3,(H,15,16,17). The Hall–Kier alpha value is -1.12. The number of rotatable bonds is 7. The second-order valence-electron chi connectivity index (χ2n) is 5.02. The van der Waals surface area contributed by atoms with Gasteiger partial charge in [0.05, 0.1) is 0 Å². The lowest BCUT2D eigenvalue weighted by Gasteiger charge is -2.15. The molecule has 1 aromatic rings. The molecule has 0 amide bonds. The maximum atomic E-state index is 4.27. The van der Waals surface area contributed by atoms with Crippen molar-refractivity contribution in [3.63, 3.8) is 0 Å². The summed E-state index contributed by atoms with van der Waals surface area (Å²) < 4.78 is 0. The summed E-state index contributed by atoms with van der Waals surface area (Å²) in [6, 6.07) is 2.54. The van der Waals surface area contributed by atoms with Crippen molar-refractivity contribution in [2.75, 3.05) is 5.32 Å². The summed E-state index contributed by atoms with van der Waals surface area (Å²) in [6.07, 6.45) is 6.73. The van der Waals surface area contributed by atoms with Gasteiger partial charge >= 0.3 is 0 Å². The average Bonchev–Trinajstić information content (AvgIpc) is 2.29. The summed E-state index contributed by atoms with van der Waals surface area (Å²) in [7, 11) is 0. The molecule has 0 aliphatic heterocycles. The molecule has 0 aliphatic rings. The molecule has 17 heavy (non-hydrogen) atoms. The molecule has 3 heteroatoms. The molecule has 1 rings (SSSR count). The number of hydrogen-bond acceptors (Lipinski definition) is 3. The van der Waals surface area contributed by atoms with E-state index in [0.717, 1.165) is 11.5 Å². The van der Waals surface area contributed by atoms with Crippen molar-refractivity contribution in [1.29, 1.82) is 0 Å². The Morgan fingerprint density at radius 1 is 1.18 bits per heavy atom. The third-order valence-corrected chi connectivity index (χ3v) is 2.91. The highest BCUT2D eigenvalue weighted by Gasteiger charge is 2.05. The van der Waals surface area contributed by atoms with Gasteiger partial charge in [-0.3, -0.25) is 0 Å². The van der Waals surface area contributed by atoms with Crippen LogP contribution in [0.4, 0.5) is 5.82 Å². The van der Waals surface area contributed by atoms with Gasteiger partial charge in [-0.05, 0) is 19.3 Å². The average molecular weight is 235 g/mol. The molecule has 1 atom stereocenters. The first-order chi connectivity index (χ1) is 8.13. The molecule has 0 spiro atoms. The summed E-state index contributed by atoms with van der Waals surface area (Å²) in [4.78, 5) is 8.54.